The largest absolute Gasteiger partial charge is 0.391 e. The molecule has 1 rings (SSSR count). The number of alkyl halides is 3. The molecule has 12 heavy (non-hydrogen) atoms. The minimum absolute atomic E-state index is 0.0802. The van der Waals surface area contributed by atoms with E-state index in [1.54, 1.807) is 0 Å². The highest BCUT2D eigenvalue weighted by molar-refractivity contribution is 4.89. The van der Waals surface area contributed by atoms with E-state index in [0.29, 0.717) is 0 Å². The number of hydrogen-bond acceptors (Lipinski definition) is 1. The van der Waals surface area contributed by atoms with Crippen LogP contribution < -0.4 is 5.32 Å². The van der Waals surface area contributed by atoms with Crippen molar-refractivity contribution in [3.8, 4) is 0 Å². The Labute approximate surface area is 70.3 Å². The van der Waals surface area contributed by atoms with E-state index in [-0.39, 0.29) is 24.9 Å². The molecule has 0 aliphatic heterocycles. The third-order valence-electron chi connectivity index (χ3n) is 2.17. The van der Waals surface area contributed by atoms with E-state index in [9.17, 15) is 13.2 Å². The van der Waals surface area contributed by atoms with E-state index in [4.69, 9.17) is 0 Å². The van der Waals surface area contributed by atoms with Crippen LogP contribution in [0, 0.1) is 5.92 Å². The molecule has 72 valence electrons. The van der Waals surface area contributed by atoms with Crippen LogP contribution in [0.1, 0.15) is 26.7 Å². The quantitative estimate of drug-likeness (QED) is 0.689. The van der Waals surface area contributed by atoms with Crippen molar-refractivity contribution in [3.63, 3.8) is 0 Å². The van der Waals surface area contributed by atoms with Crippen LogP contribution in [0.25, 0.3) is 0 Å². The first-order valence-corrected chi connectivity index (χ1v) is 4.22. The van der Waals surface area contributed by atoms with Gasteiger partial charge in [-0.1, -0.05) is 13.8 Å². The predicted molar refractivity (Wildman–Crippen MR) is 40.8 cm³/mol. The Morgan fingerprint density at radius 1 is 1.25 bits per heavy atom. The number of rotatable bonds is 2. The highest BCUT2D eigenvalue weighted by Crippen LogP contribution is 2.40. The molecule has 0 amide bonds. The van der Waals surface area contributed by atoms with E-state index < -0.39 is 12.1 Å². The van der Waals surface area contributed by atoms with Crippen molar-refractivity contribution in [3.05, 3.63) is 0 Å². The third-order valence-corrected chi connectivity index (χ3v) is 2.17. The molecule has 0 bridgehead atoms. The first-order valence-electron chi connectivity index (χ1n) is 4.22. The molecule has 0 aromatic heterocycles. The Bertz CT molecular complexity index is 147. The van der Waals surface area contributed by atoms with Gasteiger partial charge in [0.15, 0.2) is 0 Å². The molecule has 0 saturated heterocycles. The molecule has 1 N–H and O–H groups in total. The van der Waals surface area contributed by atoms with Crippen LogP contribution in [0.3, 0.4) is 0 Å². The lowest BCUT2D eigenvalue weighted by molar-refractivity contribution is -0.199. The minimum atomic E-state index is -3.98. The van der Waals surface area contributed by atoms with Crippen LogP contribution in [-0.2, 0) is 0 Å². The van der Waals surface area contributed by atoms with Crippen molar-refractivity contribution in [2.24, 2.45) is 5.92 Å². The zero-order valence-corrected chi connectivity index (χ0v) is 7.28. The van der Waals surface area contributed by atoms with Gasteiger partial charge in [0.2, 0.25) is 0 Å². The average molecular weight is 181 g/mol. The van der Waals surface area contributed by atoms with Crippen molar-refractivity contribution in [2.45, 2.75) is 44.9 Å². The standard InChI is InChI=1S/C8H14F3N/c1-5(2)12-7-3-6(4-7)8(9,10)11/h5-7,12H,3-4H2,1-2H3. The second kappa shape index (κ2) is 3.24. The van der Waals surface area contributed by atoms with Gasteiger partial charge in [-0.3, -0.25) is 0 Å². The molecule has 1 saturated carbocycles. The normalized spacial score (nSPS) is 30.5. The molecule has 1 aliphatic rings. The molecular weight excluding hydrogens is 167 g/mol. The lowest BCUT2D eigenvalue weighted by Crippen LogP contribution is -2.48. The van der Waals surface area contributed by atoms with Crippen LogP contribution in [0.5, 0.6) is 0 Å². The van der Waals surface area contributed by atoms with Gasteiger partial charge in [0.05, 0.1) is 5.92 Å². The summed E-state index contributed by atoms with van der Waals surface area (Å²) in [6.45, 7) is 3.89. The highest BCUT2D eigenvalue weighted by Gasteiger charge is 2.47. The van der Waals surface area contributed by atoms with Gasteiger partial charge in [-0.05, 0) is 12.8 Å². The molecular formula is C8H14F3N. The van der Waals surface area contributed by atoms with Gasteiger partial charge in [0.25, 0.3) is 0 Å². The summed E-state index contributed by atoms with van der Waals surface area (Å²) < 4.78 is 36.0. The van der Waals surface area contributed by atoms with Gasteiger partial charge in [-0.15, -0.1) is 0 Å². The fourth-order valence-electron chi connectivity index (χ4n) is 1.49. The molecule has 0 spiro atoms. The predicted octanol–water partition coefficient (Wildman–Crippen LogP) is 2.33. The summed E-state index contributed by atoms with van der Waals surface area (Å²) in [7, 11) is 0. The van der Waals surface area contributed by atoms with Crippen LogP contribution in [0.15, 0.2) is 0 Å². The Morgan fingerprint density at radius 2 is 1.75 bits per heavy atom. The summed E-state index contributed by atoms with van der Waals surface area (Å²) in [6, 6.07) is 0.362. The van der Waals surface area contributed by atoms with Crippen LogP contribution in [-0.4, -0.2) is 18.3 Å². The van der Waals surface area contributed by atoms with Gasteiger partial charge in [0.1, 0.15) is 0 Å². The Kier molecular flexibility index (Phi) is 2.66. The van der Waals surface area contributed by atoms with Crippen LogP contribution in [0.4, 0.5) is 13.2 Å². The molecule has 0 unspecified atom stereocenters. The molecule has 1 fully saturated rings. The summed E-state index contributed by atoms with van der Waals surface area (Å²) >= 11 is 0. The van der Waals surface area contributed by atoms with Crippen LogP contribution in [0.2, 0.25) is 0 Å². The zero-order chi connectivity index (χ0) is 9.35. The molecule has 0 aromatic rings. The highest BCUT2D eigenvalue weighted by atomic mass is 19.4. The van der Waals surface area contributed by atoms with Crippen molar-refractivity contribution in [2.75, 3.05) is 0 Å². The zero-order valence-electron chi connectivity index (χ0n) is 7.28. The maximum atomic E-state index is 12.0. The maximum absolute atomic E-state index is 12.0. The Morgan fingerprint density at radius 3 is 2.08 bits per heavy atom. The number of hydrogen-bond donors (Lipinski definition) is 1. The molecule has 0 radical (unpaired) electrons. The molecule has 0 aromatic carbocycles. The van der Waals surface area contributed by atoms with Gasteiger partial charge in [-0.25, -0.2) is 0 Å². The summed E-state index contributed by atoms with van der Waals surface area (Å²) in [4.78, 5) is 0. The average Bonchev–Trinajstić information content (AvgIpc) is 1.73. The van der Waals surface area contributed by atoms with E-state index >= 15 is 0 Å². The van der Waals surface area contributed by atoms with E-state index in [0.717, 1.165) is 0 Å². The second-order valence-corrected chi connectivity index (χ2v) is 3.73. The third kappa shape index (κ3) is 2.37. The van der Waals surface area contributed by atoms with Crippen molar-refractivity contribution in [1.29, 1.82) is 0 Å². The lowest BCUT2D eigenvalue weighted by Gasteiger charge is -2.38. The van der Waals surface area contributed by atoms with Crippen LogP contribution >= 0.6 is 0 Å². The summed E-state index contributed by atoms with van der Waals surface area (Å²) in [5.74, 6) is -1.06. The lowest BCUT2D eigenvalue weighted by atomic mass is 9.79. The summed E-state index contributed by atoms with van der Waals surface area (Å²) in [6.07, 6.45) is -3.47. The number of nitrogens with one attached hydrogen (secondary N) is 1. The fourth-order valence-corrected chi connectivity index (χ4v) is 1.49. The van der Waals surface area contributed by atoms with E-state index in [1.165, 1.54) is 0 Å². The second-order valence-electron chi connectivity index (χ2n) is 3.73. The first kappa shape index (κ1) is 9.84. The minimum Gasteiger partial charge on any atom is -0.312 e. The SMILES string of the molecule is CC(C)NC1CC(C(F)(F)F)C1. The monoisotopic (exact) mass is 181 g/mol. The Hall–Kier alpha value is -0.250. The summed E-state index contributed by atoms with van der Waals surface area (Å²) in [5.41, 5.74) is 0. The van der Waals surface area contributed by atoms with Crippen molar-refractivity contribution >= 4 is 0 Å². The first-order chi connectivity index (χ1) is 5.39. The Balaban J connectivity index is 2.20. The number of halogens is 3. The smallest absolute Gasteiger partial charge is 0.312 e. The van der Waals surface area contributed by atoms with E-state index in [1.807, 2.05) is 13.8 Å². The van der Waals surface area contributed by atoms with E-state index in [2.05, 4.69) is 5.32 Å². The molecule has 1 nitrogen and oxygen atoms in total. The fraction of sp³-hybridized carbons (Fsp3) is 1.00. The maximum Gasteiger partial charge on any atom is 0.391 e. The van der Waals surface area contributed by atoms with Crippen molar-refractivity contribution < 1.29 is 13.2 Å². The topological polar surface area (TPSA) is 12.0 Å². The molecule has 0 heterocycles. The molecule has 4 heteroatoms. The molecule has 1 aliphatic carbocycles. The van der Waals surface area contributed by atoms with Gasteiger partial charge in [0, 0.05) is 12.1 Å². The van der Waals surface area contributed by atoms with Gasteiger partial charge >= 0.3 is 6.18 Å². The van der Waals surface area contributed by atoms with Gasteiger partial charge < -0.3 is 5.32 Å². The molecule has 0 atom stereocenters. The van der Waals surface area contributed by atoms with Crippen molar-refractivity contribution in [1.82, 2.24) is 5.32 Å². The van der Waals surface area contributed by atoms with Gasteiger partial charge in [-0.2, -0.15) is 13.2 Å². The summed E-state index contributed by atoms with van der Waals surface area (Å²) in [5, 5.41) is 3.08.